The number of phosphoric ester groups is 1. The van der Waals surface area contributed by atoms with Gasteiger partial charge in [0, 0.05) is 6.07 Å². The summed E-state index contributed by atoms with van der Waals surface area (Å²) in [5.74, 6) is -0.685. The van der Waals surface area contributed by atoms with Crippen LogP contribution in [0.1, 0.15) is 16.6 Å². The van der Waals surface area contributed by atoms with E-state index in [1.165, 1.54) is 29.1 Å². The molecule has 1 aliphatic rings. The third-order valence-electron chi connectivity index (χ3n) is 3.14. The minimum Gasteiger partial charge on any atom is -0.756 e. The minimum atomic E-state index is -4.97. The molecule has 3 unspecified atom stereocenters. The van der Waals surface area contributed by atoms with Crippen LogP contribution in [0.3, 0.4) is 0 Å². The van der Waals surface area contributed by atoms with E-state index in [9.17, 15) is 24.5 Å². The maximum absolute atomic E-state index is 11.1. The first-order valence-electron chi connectivity index (χ1n) is 6.19. The second kappa shape index (κ2) is 6.39. The lowest BCUT2D eigenvalue weighted by molar-refractivity contribution is -0.765. The van der Waals surface area contributed by atoms with Crippen molar-refractivity contribution in [1.29, 1.82) is 0 Å². The van der Waals surface area contributed by atoms with Crippen molar-refractivity contribution in [1.82, 2.24) is 0 Å². The summed E-state index contributed by atoms with van der Waals surface area (Å²) in [6.07, 6.45) is -2.31. The van der Waals surface area contributed by atoms with Gasteiger partial charge in [-0.05, 0) is 6.07 Å². The highest BCUT2D eigenvalue weighted by atomic mass is 31.2. The molecule has 0 aliphatic carbocycles. The van der Waals surface area contributed by atoms with E-state index in [1.807, 2.05) is 0 Å². The Labute approximate surface area is 124 Å². The van der Waals surface area contributed by atoms with Crippen LogP contribution in [0.4, 0.5) is 0 Å². The van der Waals surface area contributed by atoms with Crippen LogP contribution < -0.4 is 15.2 Å². The molecule has 22 heavy (non-hydrogen) atoms. The zero-order valence-corrected chi connectivity index (χ0v) is 12.1. The zero-order chi connectivity index (χ0) is 16.5. The molecule has 1 aromatic heterocycles. The molecule has 2 rings (SSSR count). The smallest absolute Gasteiger partial charge is 0.292 e. The standard InChI is InChI=1S/C11H15N2O8P/c12-10(16)6-2-1-3-13(4-6)11-9(15)8(14)7(21-11)5-20-22(17,18)19/h1-4,7-9,11,14-15H,5H2,(H3-,12,16,17,18,19)/t7-,8?,9+,11?/m0/s1. The first-order valence-corrected chi connectivity index (χ1v) is 7.69. The van der Waals surface area contributed by atoms with E-state index in [-0.39, 0.29) is 5.56 Å². The van der Waals surface area contributed by atoms with Gasteiger partial charge in [0.25, 0.3) is 20.0 Å². The van der Waals surface area contributed by atoms with E-state index in [1.54, 1.807) is 0 Å². The molecule has 1 amide bonds. The molecule has 0 radical (unpaired) electrons. The van der Waals surface area contributed by atoms with Crippen LogP contribution in [0, 0.1) is 0 Å². The normalized spacial score (nSPS) is 30.9. The maximum Gasteiger partial charge on any atom is 0.292 e. The maximum atomic E-state index is 11.1. The number of nitrogens with zero attached hydrogens (tertiary/aromatic N) is 1. The number of ether oxygens (including phenoxy) is 1. The lowest BCUT2D eigenvalue weighted by Gasteiger charge is -2.19. The highest BCUT2D eigenvalue weighted by molar-refractivity contribution is 7.44. The number of nitrogens with two attached hydrogens (primary N) is 1. The number of carbonyl (C=O) groups excluding carboxylic acids is 1. The molecule has 5 atom stereocenters. The molecule has 11 heteroatoms. The first kappa shape index (κ1) is 17.0. The van der Waals surface area contributed by atoms with Gasteiger partial charge in [0.2, 0.25) is 0 Å². The van der Waals surface area contributed by atoms with Crippen LogP contribution in [-0.2, 0) is 13.8 Å². The fourth-order valence-corrected chi connectivity index (χ4v) is 2.41. The number of hydrogen-bond donors (Lipinski definition) is 4. The number of aliphatic hydroxyl groups excluding tert-OH is 2. The number of hydrogen-bond acceptors (Lipinski definition) is 7. The van der Waals surface area contributed by atoms with Gasteiger partial charge in [-0.1, -0.05) is 0 Å². The van der Waals surface area contributed by atoms with Gasteiger partial charge in [0.15, 0.2) is 18.5 Å². The Morgan fingerprint density at radius 3 is 2.77 bits per heavy atom. The number of phosphoric acid groups is 1. The predicted octanol–water partition coefficient (Wildman–Crippen LogP) is -2.83. The summed E-state index contributed by atoms with van der Waals surface area (Å²) in [4.78, 5) is 30.2. The van der Waals surface area contributed by atoms with Crippen molar-refractivity contribution in [3.05, 3.63) is 30.1 Å². The number of pyridine rings is 1. The van der Waals surface area contributed by atoms with Crippen LogP contribution >= 0.6 is 7.82 Å². The van der Waals surface area contributed by atoms with Crippen molar-refractivity contribution in [2.45, 2.75) is 24.5 Å². The number of primary amides is 1. The molecular weight excluding hydrogens is 319 g/mol. The second-order valence-electron chi connectivity index (χ2n) is 4.71. The van der Waals surface area contributed by atoms with E-state index in [4.69, 9.17) is 15.4 Å². The molecule has 10 nitrogen and oxygen atoms in total. The lowest BCUT2D eigenvalue weighted by atomic mass is 10.1. The average Bonchev–Trinajstić information content (AvgIpc) is 2.72. The molecular formula is C11H15N2O8P. The molecule has 0 spiro atoms. The SMILES string of the molecule is NC(=O)c1ccc[n+](C2O[C@@H](COP(=O)([O-])O)C(O)[C@H]2O)c1. The summed E-state index contributed by atoms with van der Waals surface area (Å²) in [5.41, 5.74) is 5.31. The van der Waals surface area contributed by atoms with E-state index in [2.05, 4.69) is 4.52 Å². The van der Waals surface area contributed by atoms with Gasteiger partial charge in [-0.15, -0.1) is 0 Å². The van der Waals surface area contributed by atoms with Gasteiger partial charge in [0.1, 0.15) is 17.8 Å². The Hall–Kier alpha value is -1.39. The summed E-state index contributed by atoms with van der Waals surface area (Å²) >= 11 is 0. The fourth-order valence-electron chi connectivity index (χ4n) is 2.08. The van der Waals surface area contributed by atoms with Crippen molar-refractivity contribution >= 4 is 13.7 Å². The quantitative estimate of drug-likeness (QED) is 0.330. The van der Waals surface area contributed by atoms with Gasteiger partial charge in [-0.2, -0.15) is 4.57 Å². The number of aliphatic hydroxyl groups is 2. The Balaban J connectivity index is 2.14. The van der Waals surface area contributed by atoms with E-state index >= 15 is 0 Å². The summed E-state index contributed by atoms with van der Waals surface area (Å²) < 4.78 is 21.3. The highest BCUT2D eigenvalue weighted by Gasteiger charge is 2.48. The van der Waals surface area contributed by atoms with Crippen LogP contribution in [0.5, 0.6) is 0 Å². The minimum absolute atomic E-state index is 0.159. The summed E-state index contributed by atoms with van der Waals surface area (Å²) in [5, 5.41) is 19.8. The number of amides is 1. The van der Waals surface area contributed by atoms with Crippen molar-refractivity contribution in [3.8, 4) is 0 Å². The fraction of sp³-hybridized carbons (Fsp3) is 0.455. The highest BCUT2D eigenvalue weighted by Crippen LogP contribution is 2.33. The molecule has 1 fully saturated rings. The molecule has 1 saturated heterocycles. The Kier molecular flexibility index (Phi) is 4.93. The molecule has 0 saturated carbocycles. The number of rotatable bonds is 5. The molecule has 122 valence electrons. The third kappa shape index (κ3) is 3.87. The van der Waals surface area contributed by atoms with Gasteiger partial charge in [-0.3, -0.25) is 9.36 Å². The number of aromatic nitrogens is 1. The monoisotopic (exact) mass is 334 g/mol. The van der Waals surface area contributed by atoms with E-state index in [0.29, 0.717) is 0 Å². The summed E-state index contributed by atoms with van der Waals surface area (Å²) in [6, 6.07) is 2.95. The summed E-state index contributed by atoms with van der Waals surface area (Å²) in [7, 11) is -4.97. The summed E-state index contributed by atoms with van der Waals surface area (Å²) in [6.45, 7) is -0.665. The van der Waals surface area contributed by atoms with Gasteiger partial charge in [0.05, 0.1) is 6.61 Å². The topological polar surface area (TPSA) is 166 Å². The second-order valence-corrected chi connectivity index (χ2v) is 5.91. The Bertz CT molecular complexity index is 606. The largest absolute Gasteiger partial charge is 0.756 e. The van der Waals surface area contributed by atoms with Gasteiger partial charge < -0.3 is 35.0 Å². The molecule has 0 bridgehead atoms. The van der Waals surface area contributed by atoms with Gasteiger partial charge in [-0.25, -0.2) is 0 Å². The Morgan fingerprint density at radius 2 is 2.18 bits per heavy atom. The van der Waals surface area contributed by atoms with Gasteiger partial charge >= 0.3 is 0 Å². The molecule has 1 aromatic rings. The van der Waals surface area contributed by atoms with Crippen molar-refractivity contribution in [3.63, 3.8) is 0 Å². The van der Waals surface area contributed by atoms with Crippen LogP contribution in [0.2, 0.25) is 0 Å². The van der Waals surface area contributed by atoms with Crippen LogP contribution in [0.25, 0.3) is 0 Å². The number of carbonyl (C=O) groups is 1. The van der Waals surface area contributed by atoms with Crippen molar-refractivity contribution < 1.29 is 43.2 Å². The third-order valence-corrected chi connectivity index (χ3v) is 3.62. The molecule has 0 aromatic carbocycles. The van der Waals surface area contributed by atoms with E-state index in [0.717, 1.165) is 0 Å². The molecule has 2 heterocycles. The van der Waals surface area contributed by atoms with Crippen molar-refractivity contribution in [2.24, 2.45) is 5.73 Å². The van der Waals surface area contributed by atoms with Crippen LogP contribution in [0.15, 0.2) is 24.5 Å². The zero-order valence-electron chi connectivity index (χ0n) is 11.2. The van der Waals surface area contributed by atoms with E-state index < -0.39 is 44.9 Å². The van der Waals surface area contributed by atoms with Crippen molar-refractivity contribution in [2.75, 3.05) is 6.61 Å². The Morgan fingerprint density at radius 1 is 1.50 bits per heavy atom. The first-order chi connectivity index (χ1) is 10.2. The predicted molar refractivity (Wildman–Crippen MR) is 66.9 cm³/mol. The lowest BCUT2D eigenvalue weighted by Crippen LogP contribution is -2.46. The molecule has 1 aliphatic heterocycles. The average molecular weight is 334 g/mol. The van der Waals surface area contributed by atoms with Crippen LogP contribution in [-0.4, -0.2) is 45.9 Å². The molecule has 5 N–H and O–H groups in total.